The van der Waals surface area contributed by atoms with Gasteiger partial charge in [-0.25, -0.2) is 4.99 Å². The van der Waals surface area contributed by atoms with Crippen LogP contribution in [0.5, 0.6) is 5.75 Å². The molecule has 1 aromatic carbocycles. The van der Waals surface area contributed by atoms with Crippen molar-refractivity contribution >= 4 is 11.9 Å². The minimum absolute atomic E-state index is 0.0378. The fourth-order valence-corrected chi connectivity index (χ4v) is 2.53. The van der Waals surface area contributed by atoms with Gasteiger partial charge in [-0.05, 0) is 50.6 Å². The van der Waals surface area contributed by atoms with Gasteiger partial charge in [-0.2, -0.15) is 0 Å². The van der Waals surface area contributed by atoms with E-state index in [0.29, 0.717) is 30.6 Å². The summed E-state index contributed by atoms with van der Waals surface area (Å²) < 4.78 is 10.8. The SMILES string of the molecule is CCNC(=NCC(=O)NCc1ccco1)NCC(O)c1cccc(OC(C)C)c1. The zero-order chi connectivity index (χ0) is 21.1. The van der Waals surface area contributed by atoms with Gasteiger partial charge in [-0.3, -0.25) is 4.79 Å². The number of furan rings is 1. The summed E-state index contributed by atoms with van der Waals surface area (Å²) in [5.41, 5.74) is 0.739. The molecule has 2 rings (SSSR count). The fraction of sp³-hybridized carbons (Fsp3) is 0.429. The number of amides is 1. The molecular weight excluding hydrogens is 372 g/mol. The van der Waals surface area contributed by atoms with E-state index in [1.54, 1.807) is 18.4 Å². The first-order chi connectivity index (χ1) is 14.0. The average molecular weight is 402 g/mol. The van der Waals surface area contributed by atoms with E-state index in [-0.39, 0.29) is 25.1 Å². The molecule has 4 N–H and O–H groups in total. The number of ether oxygens (including phenoxy) is 1. The van der Waals surface area contributed by atoms with Gasteiger partial charge in [0.2, 0.25) is 5.91 Å². The molecule has 1 amide bonds. The van der Waals surface area contributed by atoms with Crippen LogP contribution in [0.2, 0.25) is 0 Å². The summed E-state index contributed by atoms with van der Waals surface area (Å²) in [6.07, 6.45) is 0.872. The van der Waals surface area contributed by atoms with Crippen molar-refractivity contribution in [2.45, 2.75) is 39.5 Å². The van der Waals surface area contributed by atoms with Crippen molar-refractivity contribution in [1.29, 1.82) is 0 Å². The molecule has 1 unspecified atom stereocenters. The van der Waals surface area contributed by atoms with E-state index in [2.05, 4.69) is 20.9 Å². The number of carbonyl (C=O) groups is 1. The van der Waals surface area contributed by atoms with Crippen molar-refractivity contribution in [3.05, 3.63) is 54.0 Å². The third-order valence-electron chi connectivity index (χ3n) is 3.84. The number of benzene rings is 1. The molecule has 8 nitrogen and oxygen atoms in total. The number of aliphatic hydroxyl groups is 1. The highest BCUT2D eigenvalue weighted by atomic mass is 16.5. The lowest BCUT2D eigenvalue weighted by Crippen LogP contribution is -2.40. The van der Waals surface area contributed by atoms with Crippen molar-refractivity contribution in [2.75, 3.05) is 19.6 Å². The highest BCUT2D eigenvalue weighted by Gasteiger charge is 2.11. The predicted octanol–water partition coefficient (Wildman–Crippen LogP) is 1.97. The van der Waals surface area contributed by atoms with Crippen molar-refractivity contribution in [2.24, 2.45) is 4.99 Å². The van der Waals surface area contributed by atoms with E-state index < -0.39 is 6.10 Å². The summed E-state index contributed by atoms with van der Waals surface area (Å²) in [4.78, 5) is 16.2. The highest BCUT2D eigenvalue weighted by Crippen LogP contribution is 2.19. The Labute approximate surface area is 171 Å². The number of aliphatic hydroxyl groups excluding tert-OH is 1. The molecular formula is C21H30N4O4. The highest BCUT2D eigenvalue weighted by molar-refractivity contribution is 5.84. The molecule has 0 spiro atoms. The molecule has 0 aliphatic carbocycles. The summed E-state index contributed by atoms with van der Waals surface area (Å²) in [5, 5.41) is 19.3. The Kier molecular flexibility index (Phi) is 9.04. The topological polar surface area (TPSA) is 108 Å². The van der Waals surface area contributed by atoms with E-state index in [1.165, 1.54) is 0 Å². The molecule has 0 fully saturated rings. The lowest BCUT2D eigenvalue weighted by atomic mass is 10.1. The maximum Gasteiger partial charge on any atom is 0.242 e. The van der Waals surface area contributed by atoms with E-state index in [9.17, 15) is 9.90 Å². The molecule has 8 heteroatoms. The van der Waals surface area contributed by atoms with Crippen molar-refractivity contribution < 1.29 is 19.1 Å². The fourth-order valence-electron chi connectivity index (χ4n) is 2.53. The molecule has 1 atom stereocenters. The second-order valence-electron chi connectivity index (χ2n) is 6.69. The zero-order valence-corrected chi connectivity index (χ0v) is 17.1. The largest absolute Gasteiger partial charge is 0.491 e. The second-order valence-corrected chi connectivity index (χ2v) is 6.69. The normalized spacial score (nSPS) is 12.5. The monoisotopic (exact) mass is 402 g/mol. The maximum absolute atomic E-state index is 12.0. The van der Waals surface area contributed by atoms with Crippen LogP contribution in [-0.4, -0.2) is 42.7 Å². The Bertz CT molecular complexity index is 775. The molecule has 0 radical (unpaired) electrons. The van der Waals surface area contributed by atoms with Gasteiger partial charge >= 0.3 is 0 Å². The first kappa shape index (κ1) is 22.3. The Hall–Kier alpha value is -3.00. The smallest absolute Gasteiger partial charge is 0.242 e. The van der Waals surface area contributed by atoms with Gasteiger partial charge in [0.05, 0.1) is 25.0 Å². The second kappa shape index (κ2) is 11.8. The van der Waals surface area contributed by atoms with Gasteiger partial charge < -0.3 is 30.2 Å². The Balaban J connectivity index is 1.85. The van der Waals surface area contributed by atoms with Crippen LogP contribution < -0.4 is 20.7 Å². The maximum atomic E-state index is 12.0. The van der Waals surface area contributed by atoms with Crippen LogP contribution in [0.15, 0.2) is 52.1 Å². The third-order valence-corrected chi connectivity index (χ3v) is 3.84. The molecule has 0 bridgehead atoms. The molecule has 29 heavy (non-hydrogen) atoms. The molecule has 1 aromatic heterocycles. The number of hydrogen-bond acceptors (Lipinski definition) is 5. The standard InChI is InChI=1S/C21H30N4O4/c1-4-22-21(25-14-20(27)23-12-18-9-6-10-28-18)24-13-19(26)16-7-5-8-17(11-16)29-15(2)3/h5-11,15,19,26H,4,12-14H2,1-3H3,(H,23,27)(H2,22,24,25). The first-order valence-electron chi connectivity index (χ1n) is 9.74. The lowest BCUT2D eigenvalue weighted by Gasteiger charge is -2.17. The minimum Gasteiger partial charge on any atom is -0.491 e. The van der Waals surface area contributed by atoms with Crippen LogP contribution in [0.25, 0.3) is 0 Å². The van der Waals surface area contributed by atoms with Gasteiger partial charge in [-0.1, -0.05) is 12.1 Å². The number of carbonyl (C=O) groups excluding carboxylic acids is 1. The Morgan fingerprint density at radius 2 is 2.03 bits per heavy atom. The quantitative estimate of drug-likeness (QED) is 0.357. The van der Waals surface area contributed by atoms with Gasteiger partial charge in [0, 0.05) is 13.1 Å². The summed E-state index contributed by atoms with van der Waals surface area (Å²) in [5.74, 6) is 1.62. The van der Waals surface area contributed by atoms with Gasteiger partial charge in [0.25, 0.3) is 0 Å². The van der Waals surface area contributed by atoms with Crippen LogP contribution >= 0.6 is 0 Å². The third kappa shape index (κ3) is 8.27. The lowest BCUT2D eigenvalue weighted by molar-refractivity contribution is -0.119. The number of aliphatic imine (C=N–C) groups is 1. The molecule has 158 valence electrons. The van der Waals surface area contributed by atoms with Gasteiger partial charge in [0.15, 0.2) is 5.96 Å². The molecule has 0 saturated heterocycles. The minimum atomic E-state index is -0.748. The predicted molar refractivity (Wildman–Crippen MR) is 112 cm³/mol. The number of hydrogen-bond donors (Lipinski definition) is 4. The molecule has 0 saturated carbocycles. The van der Waals surface area contributed by atoms with E-state index >= 15 is 0 Å². The Morgan fingerprint density at radius 1 is 1.21 bits per heavy atom. The van der Waals surface area contributed by atoms with E-state index in [1.807, 2.05) is 45.0 Å². The summed E-state index contributed by atoms with van der Waals surface area (Å²) >= 11 is 0. The van der Waals surface area contributed by atoms with Crippen molar-refractivity contribution in [3.8, 4) is 5.75 Å². The van der Waals surface area contributed by atoms with Crippen LogP contribution in [0.3, 0.4) is 0 Å². The molecule has 1 heterocycles. The van der Waals surface area contributed by atoms with Crippen molar-refractivity contribution in [3.63, 3.8) is 0 Å². The van der Waals surface area contributed by atoms with Crippen LogP contribution in [0.4, 0.5) is 0 Å². The summed E-state index contributed by atoms with van der Waals surface area (Å²) in [6, 6.07) is 10.9. The number of nitrogens with one attached hydrogen (secondary N) is 3. The molecule has 2 aromatic rings. The van der Waals surface area contributed by atoms with E-state index in [4.69, 9.17) is 9.15 Å². The molecule has 0 aliphatic heterocycles. The van der Waals surface area contributed by atoms with E-state index in [0.717, 1.165) is 5.56 Å². The Morgan fingerprint density at radius 3 is 2.72 bits per heavy atom. The summed E-state index contributed by atoms with van der Waals surface area (Å²) in [6.45, 7) is 6.99. The average Bonchev–Trinajstić information content (AvgIpc) is 3.21. The van der Waals surface area contributed by atoms with Crippen LogP contribution in [-0.2, 0) is 11.3 Å². The van der Waals surface area contributed by atoms with Crippen molar-refractivity contribution in [1.82, 2.24) is 16.0 Å². The number of rotatable bonds is 10. The van der Waals surface area contributed by atoms with Crippen LogP contribution in [0, 0.1) is 0 Å². The van der Waals surface area contributed by atoms with Gasteiger partial charge in [0.1, 0.15) is 18.1 Å². The number of guanidine groups is 1. The number of nitrogens with zero attached hydrogens (tertiary/aromatic N) is 1. The van der Waals surface area contributed by atoms with Crippen LogP contribution in [0.1, 0.15) is 38.2 Å². The zero-order valence-electron chi connectivity index (χ0n) is 17.1. The summed E-state index contributed by atoms with van der Waals surface area (Å²) in [7, 11) is 0. The first-order valence-corrected chi connectivity index (χ1v) is 9.74. The molecule has 0 aliphatic rings. The van der Waals surface area contributed by atoms with Gasteiger partial charge in [-0.15, -0.1) is 0 Å².